The second kappa shape index (κ2) is 4.11. The smallest absolute Gasteiger partial charge is 0.0421 e. The molecule has 0 spiro atoms. The first-order chi connectivity index (χ1) is 5.65. The van der Waals surface area contributed by atoms with Crippen LogP contribution in [0.3, 0.4) is 0 Å². The van der Waals surface area contributed by atoms with Crippen molar-refractivity contribution in [3.05, 3.63) is 32.7 Å². The van der Waals surface area contributed by atoms with Gasteiger partial charge in [0, 0.05) is 14.9 Å². The molecule has 0 heterocycles. The van der Waals surface area contributed by atoms with E-state index < -0.39 is 0 Å². The van der Waals surface area contributed by atoms with Gasteiger partial charge >= 0.3 is 0 Å². The second-order valence-electron chi connectivity index (χ2n) is 2.56. The molecule has 1 aromatic carbocycles. The van der Waals surface area contributed by atoms with Crippen LogP contribution in [0.1, 0.15) is 18.4 Å². The molecule has 1 aromatic rings. The van der Waals surface area contributed by atoms with E-state index in [2.05, 4.69) is 37.8 Å². The van der Waals surface area contributed by atoms with Crippen molar-refractivity contribution in [2.24, 2.45) is 0 Å². The van der Waals surface area contributed by atoms with E-state index in [0.29, 0.717) is 0 Å². The van der Waals surface area contributed by atoms with Crippen molar-refractivity contribution in [1.29, 1.82) is 0 Å². The van der Waals surface area contributed by atoms with E-state index in [1.54, 1.807) is 0 Å². The Hall–Kier alpha value is -0.260. The van der Waals surface area contributed by atoms with Crippen LogP contribution in [0.25, 0.3) is 0 Å². The molecular formula is C10H8Br2. The Morgan fingerprint density at radius 3 is 2.50 bits per heavy atom. The molecule has 0 fully saturated rings. The van der Waals surface area contributed by atoms with Gasteiger partial charge in [-0.1, -0.05) is 12.0 Å². The van der Waals surface area contributed by atoms with E-state index in [-0.39, 0.29) is 5.92 Å². The lowest BCUT2D eigenvalue weighted by Gasteiger charge is -2.05. The molecule has 0 N–H and O–H groups in total. The van der Waals surface area contributed by atoms with Crippen LogP contribution >= 0.6 is 31.9 Å². The molecule has 0 bridgehead atoms. The Morgan fingerprint density at radius 2 is 2.00 bits per heavy atom. The van der Waals surface area contributed by atoms with Crippen molar-refractivity contribution in [3.8, 4) is 12.3 Å². The number of terminal acetylenes is 1. The van der Waals surface area contributed by atoms with E-state index >= 15 is 0 Å². The Labute approximate surface area is 89.6 Å². The third-order valence-corrected chi connectivity index (χ3v) is 3.57. The van der Waals surface area contributed by atoms with Crippen LogP contribution in [0.5, 0.6) is 0 Å². The molecule has 1 rings (SSSR count). The third kappa shape index (κ3) is 2.12. The van der Waals surface area contributed by atoms with Gasteiger partial charge in [0.2, 0.25) is 0 Å². The number of rotatable bonds is 1. The van der Waals surface area contributed by atoms with Crippen LogP contribution in [0.4, 0.5) is 0 Å². The normalized spacial score (nSPS) is 12.2. The Balaban J connectivity index is 3.06. The van der Waals surface area contributed by atoms with Crippen molar-refractivity contribution in [3.63, 3.8) is 0 Å². The lowest BCUT2D eigenvalue weighted by atomic mass is 10.0. The third-order valence-electron chi connectivity index (χ3n) is 1.69. The fourth-order valence-corrected chi connectivity index (χ4v) is 1.52. The molecular weight excluding hydrogens is 280 g/mol. The molecule has 12 heavy (non-hydrogen) atoms. The molecule has 1 atom stereocenters. The largest absolute Gasteiger partial charge is 0.119 e. The van der Waals surface area contributed by atoms with Gasteiger partial charge < -0.3 is 0 Å². The zero-order valence-electron chi connectivity index (χ0n) is 6.64. The number of hydrogen-bond acceptors (Lipinski definition) is 0. The molecule has 0 aromatic heterocycles. The fourth-order valence-electron chi connectivity index (χ4n) is 0.878. The van der Waals surface area contributed by atoms with Crippen molar-refractivity contribution in [1.82, 2.24) is 0 Å². The van der Waals surface area contributed by atoms with Crippen LogP contribution in [0.15, 0.2) is 27.1 Å². The second-order valence-corrected chi connectivity index (χ2v) is 4.27. The highest BCUT2D eigenvalue weighted by Crippen LogP contribution is 2.26. The van der Waals surface area contributed by atoms with Crippen molar-refractivity contribution < 1.29 is 0 Å². The first-order valence-electron chi connectivity index (χ1n) is 3.56. The highest BCUT2D eigenvalue weighted by atomic mass is 79.9. The van der Waals surface area contributed by atoms with Gasteiger partial charge in [-0.25, -0.2) is 0 Å². The number of benzene rings is 1. The molecule has 62 valence electrons. The molecule has 0 radical (unpaired) electrons. The first-order valence-corrected chi connectivity index (χ1v) is 5.15. The van der Waals surface area contributed by atoms with Gasteiger partial charge in [-0.2, -0.15) is 0 Å². The van der Waals surface area contributed by atoms with E-state index in [1.165, 1.54) is 0 Å². The van der Waals surface area contributed by atoms with Crippen LogP contribution in [0, 0.1) is 12.3 Å². The zero-order valence-corrected chi connectivity index (χ0v) is 9.81. The molecule has 0 nitrogen and oxygen atoms in total. The van der Waals surface area contributed by atoms with Gasteiger partial charge in [0.15, 0.2) is 0 Å². The van der Waals surface area contributed by atoms with Crippen LogP contribution in [-0.4, -0.2) is 0 Å². The molecule has 0 aliphatic heterocycles. The SMILES string of the molecule is C#CC(C)c1ccc(Br)c(Br)c1. The number of halogens is 2. The van der Waals surface area contributed by atoms with E-state index in [9.17, 15) is 0 Å². The quantitative estimate of drug-likeness (QED) is 0.686. The lowest BCUT2D eigenvalue weighted by Crippen LogP contribution is -1.88. The fraction of sp³-hybridized carbons (Fsp3) is 0.200. The van der Waals surface area contributed by atoms with Crippen molar-refractivity contribution in [2.45, 2.75) is 12.8 Å². The van der Waals surface area contributed by atoms with Crippen LogP contribution in [-0.2, 0) is 0 Å². The van der Waals surface area contributed by atoms with Gasteiger partial charge in [0.1, 0.15) is 0 Å². The predicted molar refractivity (Wildman–Crippen MR) is 59.1 cm³/mol. The molecule has 0 aliphatic rings. The summed E-state index contributed by atoms with van der Waals surface area (Å²) >= 11 is 6.83. The van der Waals surface area contributed by atoms with Crippen molar-refractivity contribution in [2.75, 3.05) is 0 Å². The summed E-state index contributed by atoms with van der Waals surface area (Å²) in [6.07, 6.45) is 5.32. The highest BCUT2D eigenvalue weighted by molar-refractivity contribution is 9.13. The monoisotopic (exact) mass is 286 g/mol. The highest BCUT2D eigenvalue weighted by Gasteiger charge is 2.03. The minimum absolute atomic E-state index is 0.175. The Morgan fingerprint density at radius 1 is 1.33 bits per heavy atom. The summed E-state index contributed by atoms with van der Waals surface area (Å²) in [7, 11) is 0. The summed E-state index contributed by atoms with van der Waals surface area (Å²) in [6.45, 7) is 2.01. The van der Waals surface area contributed by atoms with Crippen molar-refractivity contribution >= 4 is 31.9 Å². The molecule has 1 unspecified atom stereocenters. The maximum absolute atomic E-state index is 5.32. The van der Waals surface area contributed by atoms with E-state index in [0.717, 1.165) is 14.5 Å². The average Bonchev–Trinajstić information content (AvgIpc) is 2.08. The molecule has 0 amide bonds. The van der Waals surface area contributed by atoms with Gasteiger partial charge in [0.25, 0.3) is 0 Å². The van der Waals surface area contributed by atoms with Gasteiger partial charge in [-0.3, -0.25) is 0 Å². The zero-order chi connectivity index (χ0) is 9.14. The average molecular weight is 288 g/mol. The minimum atomic E-state index is 0.175. The number of hydrogen-bond donors (Lipinski definition) is 0. The van der Waals surface area contributed by atoms with Gasteiger partial charge in [0.05, 0.1) is 0 Å². The summed E-state index contributed by atoms with van der Waals surface area (Å²) in [5, 5.41) is 0. The lowest BCUT2D eigenvalue weighted by molar-refractivity contribution is 1.00. The van der Waals surface area contributed by atoms with Gasteiger partial charge in [-0.05, 0) is 56.5 Å². The topological polar surface area (TPSA) is 0 Å². The Bertz CT molecular complexity index is 323. The minimum Gasteiger partial charge on any atom is -0.119 e. The maximum Gasteiger partial charge on any atom is 0.0421 e. The Kier molecular flexibility index (Phi) is 3.37. The van der Waals surface area contributed by atoms with Gasteiger partial charge in [-0.15, -0.1) is 6.42 Å². The van der Waals surface area contributed by atoms with E-state index in [4.69, 9.17) is 6.42 Å². The summed E-state index contributed by atoms with van der Waals surface area (Å²) < 4.78 is 2.09. The standard InChI is InChI=1S/C10H8Br2/c1-3-7(2)8-4-5-9(11)10(12)6-8/h1,4-7H,2H3. The van der Waals surface area contributed by atoms with E-state index in [1.807, 2.05) is 25.1 Å². The maximum atomic E-state index is 5.32. The summed E-state index contributed by atoms with van der Waals surface area (Å²) in [6, 6.07) is 6.06. The summed E-state index contributed by atoms with van der Waals surface area (Å²) in [5.41, 5.74) is 1.16. The summed E-state index contributed by atoms with van der Waals surface area (Å²) in [5.74, 6) is 2.87. The molecule has 0 saturated carbocycles. The molecule has 2 heteroatoms. The van der Waals surface area contributed by atoms with Crippen LogP contribution in [0.2, 0.25) is 0 Å². The predicted octanol–water partition coefficient (Wildman–Crippen LogP) is 3.95. The van der Waals surface area contributed by atoms with Crippen LogP contribution < -0.4 is 0 Å². The molecule has 0 saturated heterocycles. The first kappa shape index (κ1) is 9.83. The summed E-state index contributed by atoms with van der Waals surface area (Å²) in [4.78, 5) is 0. The molecule has 0 aliphatic carbocycles.